The second kappa shape index (κ2) is 6.45. The van der Waals surface area contributed by atoms with Gasteiger partial charge in [0.05, 0.1) is 0 Å². The first-order valence-corrected chi connectivity index (χ1v) is 9.39. The van der Waals surface area contributed by atoms with E-state index in [2.05, 4.69) is 54.4 Å². The molecule has 0 radical (unpaired) electrons. The van der Waals surface area contributed by atoms with Crippen LogP contribution in [0, 0.1) is 12.7 Å². The van der Waals surface area contributed by atoms with Crippen LogP contribution in [-0.4, -0.2) is 24.2 Å². The van der Waals surface area contributed by atoms with Gasteiger partial charge >= 0.3 is 0 Å². The summed E-state index contributed by atoms with van der Waals surface area (Å²) < 4.78 is 13.7. The second-order valence-corrected chi connectivity index (χ2v) is 7.99. The van der Waals surface area contributed by atoms with Crippen molar-refractivity contribution in [3.05, 3.63) is 65.5 Å². The van der Waals surface area contributed by atoms with Gasteiger partial charge in [-0.1, -0.05) is 24.3 Å². The zero-order valence-corrected chi connectivity index (χ0v) is 15.1. The molecular formula is C22H27FN2. The number of nitrogens with zero attached hydrogens (tertiary/aromatic N) is 1. The van der Waals surface area contributed by atoms with Crippen LogP contribution < -0.4 is 10.2 Å². The number of anilines is 1. The summed E-state index contributed by atoms with van der Waals surface area (Å²) in [5.41, 5.74) is 3.67. The Morgan fingerprint density at radius 2 is 2.04 bits per heavy atom. The highest BCUT2D eigenvalue weighted by molar-refractivity contribution is 5.55. The summed E-state index contributed by atoms with van der Waals surface area (Å²) in [5.74, 6) is -0.142. The van der Waals surface area contributed by atoms with Crippen LogP contribution >= 0.6 is 0 Å². The lowest BCUT2D eigenvalue weighted by molar-refractivity contribution is 0.381. The van der Waals surface area contributed by atoms with E-state index in [9.17, 15) is 4.39 Å². The Balaban J connectivity index is 1.72. The summed E-state index contributed by atoms with van der Waals surface area (Å²) in [6, 6.07) is 17.0. The van der Waals surface area contributed by atoms with E-state index in [-0.39, 0.29) is 11.4 Å². The van der Waals surface area contributed by atoms with E-state index >= 15 is 0 Å². The average Bonchev–Trinajstić information content (AvgIpc) is 2.86. The molecule has 2 nitrogen and oxygen atoms in total. The number of nitrogens with one attached hydrogen (secondary N) is 1. The standard InChI is InChI=1S/C22H27FN2/c1-16-6-3-9-19(12-16)25-21-10-5-11-24-20(21)15-22(25,2)14-17-7-4-8-18(23)13-17/h3-4,6-9,12-13,20-21,24H,5,10-11,14-15H2,1-2H3/t20-,21-,22+/m0/s1. The van der Waals surface area contributed by atoms with E-state index in [1.165, 1.54) is 30.2 Å². The van der Waals surface area contributed by atoms with Crippen LogP contribution in [0.3, 0.4) is 0 Å². The summed E-state index contributed by atoms with van der Waals surface area (Å²) in [5, 5.41) is 3.73. The summed E-state index contributed by atoms with van der Waals surface area (Å²) in [6.45, 7) is 5.61. The minimum Gasteiger partial charge on any atom is -0.361 e. The van der Waals surface area contributed by atoms with Crippen LogP contribution in [0.4, 0.5) is 10.1 Å². The Kier molecular flexibility index (Phi) is 4.28. The fraction of sp³-hybridized carbons (Fsp3) is 0.455. The molecule has 0 saturated carbocycles. The van der Waals surface area contributed by atoms with Crippen molar-refractivity contribution in [2.45, 2.75) is 57.2 Å². The van der Waals surface area contributed by atoms with E-state index in [0.29, 0.717) is 12.1 Å². The van der Waals surface area contributed by atoms with Crippen LogP contribution in [0.1, 0.15) is 37.3 Å². The molecule has 3 heteroatoms. The van der Waals surface area contributed by atoms with Gasteiger partial charge in [0.2, 0.25) is 0 Å². The minimum absolute atomic E-state index is 0.00569. The Bertz CT molecular complexity index is 759. The normalized spacial score (nSPS) is 28.8. The van der Waals surface area contributed by atoms with Crippen LogP contribution in [0.25, 0.3) is 0 Å². The minimum atomic E-state index is -0.142. The van der Waals surface area contributed by atoms with Gasteiger partial charge in [-0.05, 0) is 81.5 Å². The topological polar surface area (TPSA) is 15.3 Å². The maximum absolute atomic E-state index is 13.7. The predicted molar refractivity (Wildman–Crippen MR) is 102 cm³/mol. The number of halogens is 1. The third kappa shape index (κ3) is 3.18. The summed E-state index contributed by atoms with van der Waals surface area (Å²) in [4.78, 5) is 2.63. The lowest BCUT2D eigenvalue weighted by atomic mass is 9.88. The molecule has 2 saturated heterocycles. The number of benzene rings is 2. The largest absolute Gasteiger partial charge is 0.361 e. The van der Waals surface area contributed by atoms with Gasteiger partial charge in [-0.25, -0.2) is 4.39 Å². The van der Waals surface area contributed by atoms with E-state index in [4.69, 9.17) is 0 Å². The molecule has 0 amide bonds. The van der Waals surface area contributed by atoms with Gasteiger partial charge in [0.25, 0.3) is 0 Å². The second-order valence-electron chi connectivity index (χ2n) is 7.99. The summed E-state index contributed by atoms with van der Waals surface area (Å²) >= 11 is 0. The van der Waals surface area contributed by atoms with E-state index in [1.54, 1.807) is 6.07 Å². The Hall–Kier alpha value is -1.87. The molecule has 3 atom stereocenters. The highest BCUT2D eigenvalue weighted by atomic mass is 19.1. The van der Waals surface area contributed by atoms with Gasteiger partial charge in [-0.3, -0.25) is 0 Å². The first-order valence-electron chi connectivity index (χ1n) is 9.39. The molecule has 2 aromatic carbocycles. The molecule has 0 aromatic heterocycles. The fourth-order valence-electron chi connectivity index (χ4n) is 4.95. The molecule has 0 spiro atoms. The molecule has 132 valence electrons. The number of aryl methyl sites for hydroxylation is 1. The van der Waals surface area contributed by atoms with Crippen LogP contribution in [0.5, 0.6) is 0 Å². The Morgan fingerprint density at radius 3 is 2.84 bits per heavy atom. The van der Waals surface area contributed by atoms with Gasteiger partial charge in [0.15, 0.2) is 0 Å². The zero-order valence-electron chi connectivity index (χ0n) is 15.1. The van der Waals surface area contributed by atoms with Gasteiger partial charge in [-0.2, -0.15) is 0 Å². The number of rotatable bonds is 3. The third-order valence-electron chi connectivity index (χ3n) is 5.87. The maximum atomic E-state index is 13.7. The molecule has 2 aromatic rings. The Labute approximate surface area is 150 Å². The smallest absolute Gasteiger partial charge is 0.123 e. The zero-order chi connectivity index (χ0) is 17.4. The van der Waals surface area contributed by atoms with Crippen molar-refractivity contribution in [3.63, 3.8) is 0 Å². The number of hydrogen-bond acceptors (Lipinski definition) is 2. The number of piperidine rings is 1. The van der Waals surface area contributed by atoms with Crippen molar-refractivity contribution in [2.75, 3.05) is 11.4 Å². The molecule has 2 aliphatic rings. The van der Waals surface area contributed by atoms with Gasteiger partial charge in [0, 0.05) is 23.3 Å². The van der Waals surface area contributed by atoms with E-state index in [0.717, 1.165) is 24.9 Å². The van der Waals surface area contributed by atoms with Crippen LogP contribution in [0.2, 0.25) is 0 Å². The van der Waals surface area contributed by atoms with Crippen molar-refractivity contribution in [3.8, 4) is 0 Å². The molecule has 2 fully saturated rings. The average molecular weight is 338 g/mol. The highest BCUT2D eigenvalue weighted by Crippen LogP contribution is 2.43. The van der Waals surface area contributed by atoms with Gasteiger partial charge in [-0.15, -0.1) is 0 Å². The third-order valence-corrected chi connectivity index (χ3v) is 5.87. The van der Waals surface area contributed by atoms with Gasteiger partial charge in [0.1, 0.15) is 5.82 Å². The van der Waals surface area contributed by atoms with Crippen LogP contribution in [-0.2, 0) is 6.42 Å². The van der Waals surface area contributed by atoms with E-state index in [1.807, 2.05) is 6.07 Å². The highest BCUT2D eigenvalue weighted by Gasteiger charge is 2.49. The summed E-state index contributed by atoms with van der Waals surface area (Å²) in [7, 11) is 0. The Morgan fingerprint density at radius 1 is 1.20 bits per heavy atom. The van der Waals surface area contributed by atoms with Gasteiger partial charge < -0.3 is 10.2 Å². The van der Waals surface area contributed by atoms with Crippen molar-refractivity contribution in [2.24, 2.45) is 0 Å². The first-order chi connectivity index (χ1) is 12.0. The molecule has 1 N–H and O–H groups in total. The monoisotopic (exact) mass is 338 g/mol. The molecule has 0 unspecified atom stereocenters. The quantitative estimate of drug-likeness (QED) is 0.888. The molecule has 2 heterocycles. The fourth-order valence-corrected chi connectivity index (χ4v) is 4.95. The SMILES string of the molecule is Cc1cccc(N2[C@H]3CCCN[C@H]3C[C@@]2(C)Cc2cccc(F)c2)c1. The van der Waals surface area contributed by atoms with Crippen molar-refractivity contribution < 1.29 is 4.39 Å². The van der Waals surface area contributed by atoms with Crippen molar-refractivity contribution >= 4 is 5.69 Å². The van der Waals surface area contributed by atoms with Crippen molar-refractivity contribution in [1.82, 2.24) is 5.32 Å². The van der Waals surface area contributed by atoms with Crippen molar-refractivity contribution in [1.29, 1.82) is 0 Å². The summed E-state index contributed by atoms with van der Waals surface area (Å²) in [6.07, 6.45) is 4.42. The first kappa shape index (κ1) is 16.6. The van der Waals surface area contributed by atoms with Crippen LogP contribution in [0.15, 0.2) is 48.5 Å². The lowest BCUT2D eigenvalue weighted by Crippen LogP contribution is -2.50. The molecular weight excluding hydrogens is 311 g/mol. The molecule has 0 aliphatic carbocycles. The lowest BCUT2D eigenvalue weighted by Gasteiger charge is -2.42. The maximum Gasteiger partial charge on any atom is 0.123 e. The van der Waals surface area contributed by atoms with E-state index < -0.39 is 0 Å². The molecule has 2 aliphatic heterocycles. The number of fused-ring (bicyclic) bond motifs is 1. The molecule has 0 bridgehead atoms. The number of hydrogen-bond donors (Lipinski definition) is 1. The molecule has 25 heavy (non-hydrogen) atoms. The predicted octanol–water partition coefficient (Wildman–Crippen LogP) is 4.47. The molecule has 4 rings (SSSR count).